The first-order valence-electron chi connectivity index (χ1n) is 15.0. The van der Waals surface area contributed by atoms with Gasteiger partial charge in [-0.2, -0.15) is 0 Å². The quantitative estimate of drug-likeness (QED) is 0.216. The third-order valence-electron chi connectivity index (χ3n) is 8.74. The number of rotatable bonds is 6. The van der Waals surface area contributed by atoms with Crippen molar-refractivity contribution in [2.75, 3.05) is 0 Å². The number of hydrogen-bond acceptors (Lipinski definition) is 0. The predicted molar refractivity (Wildman–Crippen MR) is 180 cm³/mol. The molecule has 202 valence electrons. The Kier molecular flexibility index (Phi) is 5.93. The van der Waals surface area contributed by atoms with Gasteiger partial charge >= 0.3 is 0 Å². The van der Waals surface area contributed by atoms with Gasteiger partial charge in [0.05, 0.1) is 11.0 Å². The van der Waals surface area contributed by atoms with Crippen LogP contribution in [0.15, 0.2) is 133 Å². The van der Waals surface area contributed by atoms with Crippen LogP contribution in [0, 0.1) is 0 Å². The number of unbranched alkanes of at least 4 members (excludes halogenated alkanes) is 1. The molecule has 0 atom stereocenters. The van der Waals surface area contributed by atoms with Gasteiger partial charge in [-0.15, -0.1) is 0 Å². The summed E-state index contributed by atoms with van der Waals surface area (Å²) in [6.07, 6.45) is 3.62. The number of hydrogen-bond donors (Lipinski definition) is 1. The Morgan fingerprint density at radius 2 is 1.00 bits per heavy atom. The Bertz CT molecular complexity index is 2160. The van der Waals surface area contributed by atoms with Gasteiger partial charge in [-0.25, -0.2) is 0 Å². The van der Waals surface area contributed by atoms with Crippen LogP contribution >= 0.6 is 0 Å². The van der Waals surface area contributed by atoms with E-state index in [1.807, 2.05) is 0 Å². The number of H-pyrrole nitrogens is 1. The number of nitrogens with zero attached hydrogens (tertiary/aromatic N) is 1. The lowest BCUT2D eigenvalue weighted by molar-refractivity contribution is 0.795. The summed E-state index contributed by atoms with van der Waals surface area (Å²) in [7, 11) is 0. The van der Waals surface area contributed by atoms with E-state index in [2.05, 4.69) is 150 Å². The summed E-state index contributed by atoms with van der Waals surface area (Å²) >= 11 is 0. The van der Waals surface area contributed by atoms with Crippen LogP contribution in [0.3, 0.4) is 0 Å². The Balaban J connectivity index is 1.17. The first-order chi connectivity index (χ1) is 20.8. The number of benzene rings is 6. The van der Waals surface area contributed by atoms with E-state index < -0.39 is 0 Å². The van der Waals surface area contributed by atoms with Crippen molar-refractivity contribution in [3.63, 3.8) is 0 Å². The highest BCUT2D eigenvalue weighted by Gasteiger charge is 2.12. The van der Waals surface area contributed by atoms with Crippen molar-refractivity contribution in [2.24, 2.45) is 0 Å². The van der Waals surface area contributed by atoms with Crippen LogP contribution in [0.2, 0.25) is 0 Å². The molecular weight excluding hydrogens is 508 g/mol. The average Bonchev–Trinajstić information content (AvgIpc) is 3.59. The zero-order chi connectivity index (χ0) is 28.0. The molecule has 0 radical (unpaired) electrons. The van der Waals surface area contributed by atoms with E-state index in [9.17, 15) is 0 Å². The van der Waals surface area contributed by atoms with Crippen LogP contribution in [-0.4, -0.2) is 9.55 Å². The monoisotopic (exact) mass is 540 g/mol. The zero-order valence-electron chi connectivity index (χ0n) is 23.8. The van der Waals surface area contributed by atoms with Crippen LogP contribution in [0.5, 0.6) is 0 Å². The Hall–Kier alpha value is -5.08. The minimum atomic E-state index is 1.15. The summed E-state index contributed by atoms with van der Waals surface area (Å²) < 4.78 is 2.37. The summed E-state index contributed by atoms with van der Waals surface area (Å²) in [5.74, 6) is 0. The van der Waals surface area contributed by atoms with Gasteiger partial charge in [0, 0.05) is 38.3 Å². The number of fused-ring (bicyclic) bond motifs is 6. The van der Waals surface area contributed by atoms with Gasteiger partial charge in [0.1, 0.15) is 0 Å². The lowest BCUT2D eigenvalue weighted by atomic mass is 9.99. The smallest absolute Gasteiger partial charge is 0.0541 e. The van der Waals surface area contributed by atoms with Crippen molar-refractivity contribution in [2.45, 2.75) is 26.2 Å². The number of nitrogens with one attached hydrogen (secondary N) is 1. The fourth-order valence-corrected chi connectivity index (χ4v) is 6.50. The molecule has 6 aromatic carbocycles. The molecule has 0 saturated carbocycles. The number of aryl methyl sites for hydroxylation is 1. The van der Waals surface area contributed by atoms with Gasteiger partial charge in [-0.05, 0) is 89.2 Å². The lowest BCUT2D eigenvalue weighted by Crippen LogP contribution is -1.93. The third-order valence-corrected chi connectivity index (χ3v) is 8.74. The van der Waals surface area contributed by atoms with Gasteiger partial charge in [0.25, 0.3) is 0 Å². The molecule has 0 bridgehead atoms. The van der Waals surface area contributed by atoms with E-state index in [0.29, 0.717) is 0 Å². The molecule has 1 N–H and O–H groups in total. The summed E-state index contributed by atoms with van der Waals surface area (Å²) in [4.78, 5) is 3.63. The fraction of sp³-hybridized carbons (Fsp3) is 0.100. The van der Waals surface area contributed by atoms with Crippen molar-refractivity contribution in [3.05, 3.63) is 139 Å². The minimum absolute atomic E-state index is 1.15. The van der Waals surface area contributed by atoms with Crippen LogP contribution in [0.1, 0.15) is 25.3 Å². The van der Waals surface area contributed by atoms with Crippen molar-refractivity contribution in [3.8, 4) is 27.9 Å². The standard InChI is InChI=1S/C40H32N2/c1-2-3-8-27-13-15-28(16-14-27)30-19-23-37-35(25-30)36-26-31(20-24-38(36)41-37)29-17-21-32(22-18-29)42-39-11-6-4-9-33(39)34-10-5-7-12-40(34)42/h4-7,9-26,41H,2-3,8H2,1H3. The first kappa shape index (κ1) is 24.7. The number of aromatic nitrogens is 2. The molecule has 2 heteroatoms. The number of para-hydroxylation sites is 2. The highest BCUT2D eigenvalue weighted by molar-refractivity contribution is 6.10. The molecule has 0 unspecified atom stereocenters. The van der Waals surface area contributed by atoms with Gasteiger partial charge in [0.2, 0.25) is 0 Å². The molecule has 0 fully saturated rings. The molecule has 0 aliphatic carbocycles. The number of aromatic amines is 1. The molecule has 2 heterocycles. The van der Waals surface area contributed by atoms with E-state index in [1.54, 1.807) is 0 Å². The van der Waals surface area contributed by atoms with E-state index >= 15 is 0 Å². The Labute approximate surface area is 245 Å². The van der Waals surface area contributed by atoms with E-state index in [-0.39, 0.29) is 0 Å². The van der Waals surface area contributed by atoms with Crippen LogP contribution in [-0.2, 0) is 6.42 Å². The zero-order valence-corrected chi connectivity index (χ0v) is 23.8. The molecule has 2 aromatic heterocycles. The largest absolute Gasteiger partial charge is 0.355 e. The van der Waals surface area contributed by atoms with Gasteiger partial charge in [-0.1, -0.05) is 98.3 Å². The molecule has 0 saturated heterocycles. The SMILES string of the molecule is CCCCc1ccc(-c2ccc3[nH]c4ccc(-c5ccc(-n6c7ccccc7c7ccccc76)cc5)cc4c3c2)cc1. The summed E-state index contributed by atoms with van der Waals surface area (Å²) in [5, 5.41) is 5.10. The van der Waals surface area contributed by atoms with Crippen molar-refractivity contribution in [1.82, 2.24) is 9.55 Å². The first-order valence-corrected chi connectivity index (χ1v) is 15.0. The fourth-order valence-electron chi connectivity index (χ4n) is 6.50. The van der Waals surface area contributed by atoms with Gasteiger partial charge in [0.15, 0.2) is 0 Å². The lowest BCUT2D eigenvalue weighted by Gasteiger charge is -2.09. The maximum atomic E-state index is 3.63. The average molecular weight is 541 g/mol. The van der Waals surface area contributed by atoms with Crippen molar-refractivity contribution in [1.29, 1.82) is 0 Å². The van der Waals surface area contributed by atoms with E-state index in [4.69, 9.17) is 0 Å². The maximum Gasteiger partial charge on any atom is 0.0541 e. The molecule has 8 rings (SSSR count). The Morgan fingerprint density at radius 3 is 1.55 bits per heavy atom. The Morgan fingerprint density at radius 1 is 0.500 bits per heavy atom. The molecule has 0 spiro atoms. The second-order valence-electron chi connectivity index (χ2n) is 11.4. The van der Waals surface area contributed by atoms with Gasteiger partial charge in [-0.3, -0.25) is 0 Å². The molecule has 42 heavy (non-hydrogen) atoms. The normalized spacial score (nSPS) is 11.7. The second-order valence-corrected chi connectivity index (χ2v) is 11.4. The molecule has 0 aliphatic rings. The topological polar surface area (TPSA) is 20.7 Å². The van der Waals surface area contributed by atoms with E-state index in [0.717, 1.165) is 6.42 Å². The summed E-state index contributed by atoms with van der Waals surface area (Å²) in [5.41, 5.74) is 12.4. The van der Waals surface area contributed by atoms with Crippen molar-refractivity contribution >= 4 is 43.6 Å². The minimum Gasteiger partial charge on any atom is -0.355 e. The predicted octanol–water partition coefficient (Wildman–Crippen LogP) is 11.1. The molecular formula is C40H32N2. The highest BCUT2D eigenvalue weighted by atomic mass is 15.0. The van der Waals surface area contributed by atoms with E-state index in [1.165, 1.54) is 90.0 Å². The second kappa shape index (κ2) is 10.1. The highest BCUT2D eigenvalue weighted by Crippen LogP contribution is 2.35. The van der Waals surface area contributed by atoms with Crippen LogP contribution in [0.4, 0.5) is 0 Å². The summed E-state index contributed by atoms with van der Waals surface area (Å²) in [6, 6.07) is 49.0. The molecule has 0 aliphatic heterocycles. The molecule has 2 nitrogen and oxygen atoms in total. The molecule has 8 aromatic rings. The molecule has 0 amide bonds. The van der Waals surface area contributed by atoms with Crippen molar-refractivity contribution < 1.29 is 0 Å². The van der Waals surface area contributed by atoms with Gasteiger partial charge < -0.3 is 9.55 Å². The van der Waals surface area contributed by atoms with Crippen LogP contribution < -0.4 is 0 Å². The summed E-state index contributed by atoms with van der Waals surface area (Å²) in [6.45, 7) is 2.25. The maximum absolute atomic E-state index is 3.63. The third kappa shape index (κ3) is 4.11. The van der Waals surface area contributed by atoms with Crippen LogP contribution in [0.25, 0.3) is 71.6 Å².